The molecule has 0 unspecified atom stereocenters. The maximum absolute atomic E-state index is 12.7. The molecule has 41 heavy (non-hydrogen) atoms. The van der Waals surface area contributed by atoms with Crippen LogP contribution in [-0.2, 0) is 15.7 Å². The molecule has 2 amide bonds. The second kappa shape index (κ2) is 14.3. The van der Waals surface area contributed by atoms with Crippen molar-refractivity contribution in [2.45, 2.75) is 26.1 Å². The second-order valence-electron chi connectivity index (χ2n) is 8.56. The number of aryl methyl sites for hydroxylation is 1. The Morgan fingerprint density at radius 3 is 2.12 bits per heavy atom. The molecule has 0 bridgehead atoms. The van der Waals surface area contributed by atoms with Gasteiger partial charge in [-0.2, -0.15) is 13.2 Å². The van der Waals surface area contributed by atoms with Crippen molar-refractivity contribution in [2.24, 2.45) is 0 Å². The normalized spacial score (nSPS) is 11.5. The quantitative estimate of drug-likeness (QED) is 0.265. The van der Waals surface area contributed by atoms with Crippen LogP contribution in [-0.4, -0.2) is 48.2 Å². The van der Waals surface area contributed by atoms with Gasteiger partial charge in [0.15, 0.2) is 6.10 Å². The smallest absolute Gasteiger partial charge is 0.416 e. The zero-order valence-electron chi connectivity index (χ0n) is 22.0. The van der Waals surface area contributed by atoms with E-state index >= 15 is 0 Å². The fraction of sp³-hybridized carbons (Fsp3) is 0.222. The molecule has 0 heterocycles. The fourth-order valence-corrected chi connectivity index (χ4v) is 3.39. The largest absolute Gasteiger partial charge is 0.479 e. The number of anilines is 1. The van der Waals surface area contributed by atoms with Crippen LogP contribution >= 0.6 is 34.8 Å². The highest BCUT2D eigenvalue weighted by atomic mass is 35.5. The van der Waals surface area contributed by atoms with E-state index < -0.39 is 29.8 Å². The lowest BCUT2D eigenvalue weighted by molar-refractivity contribution is -0.146. The highest BCUT2D eigenvalue weighted by molar-refractivity contribution is 6.33. The first kappa shape index (κ1) is 33.5. The molecule has 0 aromatic heterocycles. The van der Waals surface area contributed by atoms with E-state index in [-0.39, 0.29) is 33.1 Å². The van der Waals surface area contributed by atoms with E-state index in [1.54, 1.807) is 20.2 Å². The minimum atomic E-state index is -4.56. The third-order valence-corrected chi connectivity index (χ3v) is 6.14. The molecule has 0 fully saturated rings. The molecular formula is C27H24Cl3F3N2O6. The first-order valence-electron chi connectivity index (χ1n) is 11.5. The number of alkyl halides is 3. The van der Waals surface area contributed by atoms with E-state index in [0.717, 1.165) is 30.7 Å². The number of aliphatic carboxylic acids is 1. The molecule has 0 saturated heterocycles. The number of esters is 1. The molecule has 3 aromatic carbocycles. The molecule has 0 aliphatic carbocycles. The van der Waals surface area contributed by atoms with Crippen LogP contribution in [0.25, 0.3) is 0 Å². The van der Waals surface area contributed by atoms with Gasteiger partial charge in [-0.25, -0.2) is 14.4 Å². The number of benzene rings is 3. The molecule has 0 spiro atoms. The first-order chi connectivity index (χ1) is 19.0. The SMILES string of the molecule is C[C@H](OC(=O)c1cc(Oc2ccc(C(F)(F)F)cc2Cl)ccc1Cl)C(=O)O.Cc1ccc(NC(=O)N(C)C)cc1Cl. The fourth-order valence-electron chi connectivity index (χ4n) is 2.79. The number of rotatable bonds is 6. The minimum absolute atomic E-state index is 0.0246. The second-order valence-corrected chi connectivity index (χ2v) is 9.78. The van der Waals surface area contributed by atoms with Crippen molar-refractivity contribution in [3.63, 3.8) is 0 Å². The van der Waals surface area contributed by atoms with Crippen molar-refractivity contribution >= 4 is 58.5 Å². The lowest BCUT2D eigenvalue weighted by Crippen LogP contribution is -2.27. The van der Waals surface area contributed by atoms with Crippen molar-refractivity contribution in [1.29, 1.82) is 0 Å². The van der Waals surface area contributed by atoms with Crippen molar-refractivity contribution in [3.05, 3.63) is 86.4 Å². The summed E-state index contributed by atoms with van der Waals surface area (Å²) >= 11 is 17.6. The highest BCUT2D eigenvalue weighted by Crippen LogP contribution is 2.37. The number of nitrogens with one attached hydrogen (secondary N) is 1. The molecule has 14 heteroatoms. The highest BCUT2D eigenvalue weighted by Gasteiger charge is 2.31. The maximum atomic E-state index is 12.7. The van der Waals surface area contributed by atoms with Gasteiger partial charge in [-0.15, -0.1) is 0 Å². The Morgan fingerprint density at radius 2 is 1.59 bits per heavy atom. The summed E-state index contributed by atoms with van der Waals surface area (Å²) in [6.45, 7) is 3.08. The zero-order chi connectivity index (χ0) is 31.1. The van der Waals surface area contributed by atoms with Crippen molar-refractivity contribution in [3.8, 4) is 11.5 Å². The Labute approximate surface area is 248 Å². The third-order valence-electron chi connectivity index (χ3n) is 5.11. The van der Waals surface area contributed by atoms with Gasteiger partial charge in [0.25, 0.3) is 0 Å². The topological polar surface area (TPSA) is 105 Å². The predicted molar refractivity (Wildman–Crippen MR) is 149 cm³/mol. The number of hydrogen-bond acceptors (Lipinski definition) is 5. The Kier molecular flexibility index (Phi) is 11.7. The Balaban J connectivity index is 0.000000353. The molecule has 0 radical (unpaired) electrons. The van der Waals surface area contributed by atoms with E-state index in [1.807, 2.05) is 19.1 Å². The van der Waals surface area contributed by atoms with E-state index in [9.17, 15) is 27.6 Å². The minimum Gasteiger partial charge on any atom is -0.479 e. The van der Waals surface area contributed by atoms with Gasteiger partial charge in [0, 0.05) is 24.8 Å². The van der Waals surface area contributed by atoms with E-state index in [4.69, 9.17) is 49.4 Å². The van der Waals surface area contributed by atoms with Crippen molar-refractivity contribution in [2.75, 3.05) is 19.4 Å². The Hall–Kier alpha value is -3.67. The summed E-state index contributed by atoms with van der Waals surface area (Å²) in [5, 5.41) is 11.8. The molecule has 0 aliphatic heterocycles. The van der Waals surface area contributed by atoms with Gasteiger partial charge in [0.05, 0.1) is 21.2 Å². The molecule has 0 saturated carbocycles. The summed E-state index contributed by atoms with van der Waals surface area (Å²) in [6, 6.07) is 11.6. The molecule has 1 atom stereocenters. The number of carboxylic acids is 1. The van der Waals surface area contributed by atoms with Crippen LogP contribution < -0.4 is 10.1 Å². The maximum Gasteiger partial charge on any atom is 0.416 e. The lowest BCUT2D eigenvalue weighted by Gasteiger charge is -2.13. The van der Waals surface area contributed by atoms with E-state index in [2.05, 4.69) is 5.32 Å². The Morgan fingerprint density at radius 1 is 0.927 bits per heavy atom. The average molecular weight is 636 g/mol. The van der Waals surface area contributed by atoms with Gasteiger partial charge in [-0.05, 0) is 67.9 Å². The molecular weight excluding hydrogens is 612 g/mol. The van der Waals surface area contributed by atoms with E-state index in [1.165, 1.54) is 17.0 Å². The molecule has 2 N–H and O–H groups in total. The summed E-state index contributed by atoms with van der Waals surface area (Å²) in [6.07, 6.45) is -5.96. The number of carbonyl (C=O) groups is 3. The van der Waals surface area contributed by atoms with Crippen LogP contribution in [0.15, 0.2) is 54.6 Å². The summed E-state index contributed by atoms with van der Waals surface area (Å²) in [5.41, 5.74) is 0.585. The standard InChI is InChI=1S/C17H11Cl2F3O5.C10H13ClN2O/c1-8(15(23)24)26-16(25)11-7-10(3-4-12(11)18)27-14-5-2-9(6-13(14)19)17(20,21)22;1-7-4-5-8(6-9(7)11)12-10(14)13(2)3/h2-8H,1H3,(H,23,24);4-6H,1-3H3,(H,12,14)/t8-;/m0./s1. The van der Waals surface area contributed by atoms with Crippen LogP contribution in [0.3, 0.4) is 0 Å². The van der Waals surface area contributed by atoms with Gasteiger partial charge in [0.1, 0.15) is 11.5 Å². The third kappa shape index (κ3) is 10.0. The van der Waals surface area contributed by atoms with Crippen LogP contribution in [0.4, 0.5) is 23.7 Å². The number of hydrogen-bond donors (Lipinski definition) is 2. The van der Waals surface area contributed by atoms with Crippen molar-refractivity contribution < 1.29 is 42.1 Å². The van der Waals surface area contributed by atoms with E-state index in [0.29, 0.717) is 16.8 Å². The molecule has 8 nitrogen and oxygen atoms in total. The number of halogens is 6. The number of urea groups is 1. The summed E-state index contributed by atoms with van der Waals surface area (Å²) < 4.78 is 48.1. The number of nitrogens with zero attached hydrogens (tertiary/aromatic N) is 1. The van der Waals surface area contributed by atoms with Gasteiger partial charge in [0.2, 0.25) is 0 Å². The first-order valence-corrected chi connectivity index (χ1v) is 12.7. The predicted octanol–water partition coefficient (Wildman–Crippen LogP) is 8.18. The summed E-state index contributed by atoms with van der Waals surface area (Å²) in [7, 11) is 3.37. The number of carbonyl (C=O) groups excluding carboxylic acids is 2. The van der Waals surface area contributed by atoms with Gasteiger partial charge >= 0.3 is 24.1 Å². The average Bonchev–Trinajstić information content (AvgIpc) is 2.88. The van der Waals surface area contributed by atoms with Crippen LogP contribution in [0.5, 0.6) is 11.5 Å². The van der Waals surface area contributed by atoms with Gasteiger partial charge in [-0.1, -0.05) is 40.9 Å². The molecule has 3 rings (SSSR count). The zero-order valence-corrected chi connectivity index (χ0v) is 24.2. The Bertz CT molecular complexity index is 1430. The molecule has 0 aliphatic rings. The van der Waals surface area contributed by atoms with Crippen LogP contribution in [0, 0.1) is 6.92 Å². The van der Waals surface area contributed by atoms with Crippen LogP contribution in [0.2, 0.25) is 15.1 Å². The van der Waals surface area contributed by atoms with Gasteiger partial charge in [-0.3, -0.25) is 0 Å². The summed E-state index contributed by atoms with van der Waals surface area (Å²) in [5.74, 6) is -2.39. The van der Waals surface area contributed by atoms with Crippen molar-refractivity contribution in [1.82, 2.24) is 4.90 Å². The van der Waals surface area contributed by atoms with Crippen LogP contribution in [0.1, 0.15) is 28.4 Å². The number of carboxylic acid groups (broad SMARTS) is 1. The number of ether oxygens (including phenoxy) is 2. The summed E-state index contributed by atoms with van der Waals surface area (Å²) in [4.78, 5) is 35.5. The number of amides is 2. The monoisotopic (exact) mass is 634 g/mol. The van der Waals surface area contributed by atoms with Gasteiger partial charge < -0.3 is 24.8 Å². The molecule has 220 valence electrons. The lowest BCUT2D eigenvalue weighted by atomic mass is 10.2. The molecule has 3 aromatic rings.